The lowest BCUT2D eigenvalue weighted by Gasteiger charge is -2.29. The zero-order chi connectivity index (χ0) is 16.9. The number of ether oxygens (including phenoxy) is 1. The Bertz CT molecular complexity index is 788. The number of nitrogens with one attached hydrogen (secondary N) is 1. The Hall–Kier alpha value is -2.41. The Balaban J connectivity index is 1.59. The average molecular weight is 345 g/mol. The normalized spacial score (nSPS) is 15.8. The van der Waals surface area contributed by atoms with E-state index >= 15 is 0 Å². The summed E-state index contributed by atoms with van der Waals surface area (Å²) in [5.74, 6) is 1.60. The fourth-order valence-electron chi connectivity index (χ4n) is 2.83. The second-order valence-corrected chi connectivity index (χ2v) is 6.00. The van der Waals surface area contributed by atoms with Crippen molar-refractivity contribution >= 4 is 24.2 Å². The molecule has 1 amide bonds. The van der Waals surface area contributed by atoms with Crippen molar-refractivity contribution in [3.8, 4) is 5.75 Å². The maximum Gasteiger partial charge on any atom is 0.284 e. The predicted molar refractivity (Wildman–Crippen MR) is 92.3 cm³/mol. The Morgan fingerprint density at radius 1 is 1.42 bits per heavy atom. The number of methoxy groups -OCH3 is 1. The lowest BCUT2D eigenvalue weighted by atomic mass is 9.97. The molecule has 7 heteroatoms. The minimum absolute atomic E-state index is 0.00211. The van der Waals surface area contributed by atoms with E-state index in [-0.39, 0.29) is 11.8 Å². The summed E-state index contributed by atoms with van der Waals surface area (Å²) < 4.78 is 10.6. The van der Waals surface area contributed by atoms with E-state index in [1.807, 2.05) is 29.2 Å². The van der Waals surface area contributed by atoms with Crippen molar-refractivity contribution in [3.05, 3.63) is 46.6 Å². The van der Waals surface area contributed by atoms with Gasteiger partial charge in [-0.2, -0.15) is 0 Å². The van der Waals surface area contributed by atoms with Crippen molar-refractivity contribution in [3.63, 3.8) is 0 Å². The summed E-state index contributed by atoms with van der Waals surface area (Å²) in [6.07, 6.45) is 5.02. The zero-order valence-corrected chi connectivity index (χ0v) is 14.2. The molecule has 0 spiro atoms. The molecule has 0 bridgehead atoms. The molecule has 1 saturated heterocycles. The highest BCUT2D eigenvalue weighted by molar-refractivity contribution is 7.71. The van der Waals surface area contributed by atoms with Crippen LogP contribution in [-0.4, -0.2) is 41.2 Å². The molecule has 2 heterocycles. The third-order valence-electron chi connectivity index (χ3n) is 4.15. The second-order valence-electron chi connectivity index (χ2n) is 5.63. The summed E-state index contributed by atoms with van der Waals surface area (Å²) >= 11 is 4.90. The fourth-order valence-corrected chi connectivity index (χ4v) is 2.96. The number of rotatable bonds is 4. The number of hydrogen-bond donors (Lipinski definition) is 1. The van der Waals surface area contributed by atoms with E-state index in [2.05, 4.69) is 10.2 Å². The maximum absolute atomic E-state index is 12.4. The summed E-state index contributed by atoms with van der Waals surface area (Å²) in [5.41, 5.74) is 0.886. The number of aromatic nitrogens is 2. The number of nitrogens with zero attached hydrogens (tertiary/aromatic N) is 2. The van der Waals surface area contributed by atoms with Crippen LogP contribution < -0.4 is 4.74 Å². The van der Waals surface area contributed by atoms with Crippen LogP contribution in [0.2, 0.25) is 0 Å². The highest BCUT2D eigenvalue weighted by Crippen LogP contribution is 2.27. The molecule has 1 N–H and O–H groups in total. The van der Waals surface area contributed by atoms with Crippen molar-refractivity contribution in [2.75, 3.05) is 20.2 Å². The molecule has 3 rings (SSSR count). The fraction of sp³-hybridized carbons (Fsp3) is 0.353. The van der Waals surface area contributed by atoms with Crippen LogP contribution in [0.1, 0.15) is 30.2 Å². The van der Waals surface area contributed by atoms with Crippen LogP contribution in [0.4, 0.5) is 0 Å². The SMILES string of the molecule is COc1ccccc1C=CC(=O)N1CCC(c2n[nH]c(=S)o2)CC1. The van der Waals surface area contributed by atoms with Gasteiger partial charge in [0.15, 0.2) is 0 Å². The second kappa shape index (κ2) is 7.44. The molecule has 1 aliphatic rings. The summed E-state index contributed by atoms with van der Waals surface area (Å²) in [4.78, 5) is 14.5. The standard InChI is InChI=1S/C17H19N3O3S/c1-22-14-5-3-2-4-12(14)6-7-15(21)20-10-8-13(9-11-20)16-18-19-17(24)23-16/h2-7,13H,8-11H2,1H3,(H,19,24). The molecular formula is C17H19N3O3S. The van der Waals surface area contributed by atoms with Gasteiger partial charge in [-0.15, -0.1) is 5.10 Å². The number of aromatic amines is 1. The van der Waals surface area contributed by atoms with E-state index in [1.165, 1.54) is 0 Å². The van der Waals surface area contributed by atoms with Crippen LogP contribution in [0.5, 0.6) is 5.75 Å². The number of H-pyrrole nitrogens is 1. The molecule has 0 atom stereocenters. The Morgan fingerprint density at radius 2 is 2.17 bits per heavy atom. The highest BCUT2D eigenvalue weighted by atomic mass is 32.1. The van der Waals surface area contributed by atoms with E-state index < -0.39 is 0 Å². The van der Waals surface area contributed by atoms with Crippen molar-refractivity contribution < 1.29 is 13.9 Å². The molecule has 0 saturated carbocycles. The first-order chi connectivity index (χ1) is 11.7. The first-order valence-corrected chi connectivity index (χ1v) is 8.23. The molecule has 0 unspecified atom stereocenters. The van der Waals surface area contributed by atoms with E-state index in [0.29, 0.717) is 23.8 Å². The first kappa shape index (κ1) is 16.4. The topological polar surface area (TPSA) is 71.4 Å². The number of amides is 1. The monoisotopic (exact) mass is 345 g/mol. The van der Waals surface area contributed by atoms with Crippen molar-refractivity contribution in [1.29, 1.82) is 0 Å². The van der Waals surface area contributed by atoms with Gasteiger partial charge in [0.25, 0.3) is 4.84 Å². The molecule has 24 heavy (non-hydrogen) atoms. The average Bonchev–Trinajstić information content (AvgIpc) is 3.06. The number of carbonyl (C=O) groups is 1. The van der Waals surface area contributed by atoms with Crippen LogP contribution in [0.25, 0.3) is 6.08 Å². The van der Waals surface area contributed by atoms with Gasteiger partial charge in [0.2, 0.25) is 11.8 Å². The number of para-hydroxylation sites is 1. The van der Waals surface area contributed by atoms with Crippen LogP contribution in [-0.2, 0) is 4.79 Å². The van der Waals surface area contributed by atoms with Gasteiger partial charge >= 0.3 is 0 Å². The van der Waals surface area contributed by atoms with Gasteiger partial charge in [-0.05, 0) is 37.2 Å². The summed E-state index contributed by atoms with van der Waals surface area (Å²) in [6.45, 7) is 1.35. The predicted octanol–water partition coefficient (Wildman–Crippen LogP) is 3.16. The number of piperidine rings is 1. The maximum atomic E-state index is 12.4. The van der Waals surface area contributed by atoms with Gasteiger partial charge in [-0.25, -0.2) is 5.10 Å². The Morgan fingerprint density at radius 3 is 2.83 bits per heavy atom. The number of carbonyl (C=O) groups excluding carboxylic acids is 1. The van der Waals surface area contributed by atoms with Gasteiger partial charge in [0.05, 0.1) is 7.11 Å². The largest absolute Gasteiger partial charge is 0.496 e. The molecule has 1 aliphatic heterocycles. The van der Waals surface area contributed by atoms with Crippen LogP contribution in [0.15, 0.2) is 34.8 Å². The van der Waals surface area contributed by atoms with Crippen LogP contribution in [0.3, 0.4) is 0 Å². The van der Waals surface area contributed by atoms with Gasteiger partial charge in [-0.3, -0.25) is 4.79 Å². The summed E-state index contributed by atoms with van der Waals surface area (Å²) in [6, 6.07) is 7.60. The highest BCUT2D eigenvalue weighted by Gasteiger charge is 2.25. The summed E-state index contributed by atoms with van der Waals surface area (Å²) in [5, 5.41) is 6.72. The molecule has 2 aromatic rings. The number of hydrogen-bond acceptors (Lipinski definition) is 5. The number of benzene rings is 1. The Labute approximate surface area is 145 Å². The minimum Gasteiger partial charge on any atom is -0.496 e. The third-order valence-corrected chi connectivity index (χ3v) is 4.33. The quantitative estimate of drug-likeness (QED) is 0.681. The van der Waals surface area contributed by atoms with E-state index in [1.54, 1.807) is 19.3 Å². The number of likely N-dealkylation sites (tertiary alicyclic amines) is 1. The van der Waals surface area contributed by atoms with Gasteiger partial charge in [-0.1, -0.05) is 18.2 Å². The van der Waals surface area contributed by atoms with Crippen molar-refractivity contribution in [1.82, 2.24) is 15.1 Å². The minimum atomic E-state index is 0.00211. The van der Waals surface area contributed by atoms with E-state index in [0.717, 1.165) is 24.2 Å². The lowest BCUT2D eigenvalue weighted by molar-refractivity contribution is -0.127. The Kier molecular flexibility index (Phi) is 5.10. The zero-order valence-electron chi connectivity index (χ0n) is 13.4. The molecule has 1 aromatic carbocycles. The van der Waals surface area contributed by atoms with Gasteiger partial charge < -0.3 is 14.1 Å². The lowest BCUT2D eigenvalue weighted by Crippen LogP contribution is -2.36. The molecule has 0 radical (unpaired) electrons. The van der Waals surface area contributed by atoms with Crippen LogP contribution in [0, 0.1) is 4.84 Å². The third kappa shape index (κ3) is 3.73. The molecule has 1 fully saturated rings. The van der Waals surface area contributed by atoms with E-state index in [4.69, 9.17) is 21.4 Å². The van der Waals surface area contributed by atoms with Crippen molar-refractivity contribution in [2.45, 2.75) is 18.8 Å². The molecular weight excluding hydrogens is 326 g/mol. The smallest absolute Gasteiger partial charge is 0.284 e. The van der Waals surface area contributed by atoms with Crippen LogP contribution >= 0.6 is 12.2 Å². The van der Waals surface area contributed by atoms with Gasteiger partial charge in [0, 0.05) is 30.6 Å². The first-order valence-electron chi connectivity index (χ1n) is 7.83. The molecule has 126 valence electrons. The van der Waals surface area contributed by atoms with Crippen molar-refractivity contribution in [2.24, 2.45) is 0 Å². The van der Waals surface area contributed by atoms with Gasteiger partial charge in [0.1, 0.15) is 5.75 Å². The summed E-state index contributed by atoms with van der Waals surface area (Å²) in [7, 11) is 1.62. The molecule has 6 nitrogen and oxygen atoms in total. The molecule has 1 aromatic heterocycles. The van der Waals surface area contributed by atoms with E-state index in [9.17, 15) is 4.79 Å². The molecule has 0 aliphatic carbocycles.